The predicted octanol–water partition coefficient (Wildman–Crippen LogP) is 5.40. The Balaban J connectivity index is 2.94. The van der Waals surface area contributed by atoms with Gasteiger partial charge in [-0.1, -0.05) is 49.3 Å². The van der Waals surface area contributed by atoms with Gasteiger partial charge in [-0.15, -0.1) is 0 Å². The van der Waals surface area contributed by atoms with E-state index in [2.05, 4.69) is 20.8 Å². The average Bonchev–Trinajstić information content (AvgIpc) is 2.37. The van der Waals surface area contributed by atoms with Crippen molar-refractivity contribution in [1.82, 2.24) is 0 Å². The van der Waals surface area contributed by atoms with E-state index in [1.807, 2.05) is 38.2 Å². The van der Waals surface area contributed by atoms with Crippen LogP contribution in [0.25, 0.3) is 0 Å². The van der Waals surface area contributed by atoms with Crippen LogP contribution < -0.4 is 0 Å². The number of hydrogen-bond donors (Lipinski definition) is 2. The van der Waals surface area contributed by atoms with Crippen LogP contribution in [-0.2, 0) is 0 Å². The predicted molar refractivity (Wildman–Crippen MR) is 94.8 cm³/mol. The molecule has 0 heterocycles. The van der Waals surface area contributed by atoms with Gasteiger partial charge < -0.3 is 10.2 Å². The minimum atomic E-state index is 0.0412. The molecule has 0 unspecified atom stereocenters. The first-order valence-electron chi connectivity index (χ1n) is 8.02. The van der Waals surface area contributed by atoms with E-state index in [4.69, 9.17) is 5.11 Å². The van der Waals surface area contributed by atoms with Gasteiger partial charge in [0.25, 0.3) is 0 Å². The molecule has 0 saturated carbocycles. The van der Waals surface area contributed by atoms with Gasteiger partial charge in [-0.05, 0) is 62.7 Å². The monoisotopic (exact) mass is 302 g/mol. The van der Waals surface area contributed by atoms with E-state index in [0.717, 1.165) is 29.6 Å². The van der Waals surface area contributed by atoms with Crippen molar-refractivity contribution in [3.8, 4) is 0 Å². The summed E-state index contributed by atoms with van der Waals surface area (Å²) in [5.41, 5.74) is 4.47. The molecule has 1 rings (SSSR count). The summed E-state index contributed by atoms with van der Waals surface area (Å²) in [6.45, 7) is 10.5. The molecule has 0 amide bonds. The van der Waals surface area contributed by atoms with Crippen LogP contribution in [0, 0.1) is 5.41 Å². The molecule has 0 saturated heterocycles. The smallest absolute Gasteiger partial charge is 0.119 e. The topological polar surface area (TPSA) is 40.5 Å². The summed E-state index contributed by atoms with van der Waals surface area (Å²) in [6, 6.07) is 0. The Hall–Kier alpha value is -1.54. The van der Waals surface area contributed by atoms with Crippen molar-refractivity contribution >= 4 is 0 Å². The van der Waals surface area contributed by atoms with Gasteiger partial charge in [0, 0.05) is 0 Å². The quantitative estimate of drug-likeness (QED) is 0.527. The first-order valence-corrected chi connectivity index (χ1v) is 8.02. The fraction of sp³-hybridized carbons (Fsp3) is 0.500. The Morgan fingerprint density at radius 3 is 2.50 bits per heavy atom. The zero-order chi connectivity index (χ0) is 16.8. The molecule has 0 aromatic heterocycles. The molecule has 2 nitrogen and oxygen atoms in total. The first kappa shape index (κ1) is 18.5. The standard InChI is InChI=1S/C20H30O2/c1-15(11-13-21)8-6-9-16(2)14-18(22)19-17(3)10-7-12-20(19,4)5/h6,8-9,11,14,21-22H,7,10,12-13H2,1-5H3/b8-6+,15-11+,16-9+,18-14-. The molecule has 0 bridgehead atoms. The van der Waals surface area contributed by atoms with Crippen molar-refractivity contribution < 1.29 is 10.2 Å². The maximum Gasteiger partial charge on any atom is 0.119 e. The van der Waals surface area contributed by atoms with Crippen LogP contribution in [0.15, 0.2) is 58.4 Å². The molecule has 0 radical (unpaired) electrons. The third kappa shape index (κ3) is 5.34. The Morgan fingerprint density at radius 1 is 1.23 bits per heavy atom. The third-order valence-electron chi connectivity index (χ3n) is 4.21. The minimum absolute atomic E-state index is 0.0412. The van der Waals surface area contributed by atoms with Gasteiger partial charge in [0.05, 0.1) is 6.61 Å². The summed E-state index contributed by atoms with van der Waals surface area (Å²) in [6.07, 6.45) is 12.8. The van der Waals surface area contributed by atoms with Gasteiger partial charge in [-0.2, -0.15) is 0 Å². The zero-order valence-electron chi connectivity index (χ0n) is 14.6. The number of aliphatic hydroxyl groups is 2. The summed E-state index contributed by atoms with van der Waals surface area (Å²) >= 11 is 0. The van der Waals surface area contributed by atoms with Crippen LogP contribution in [0.5, 0.6) is 0 Å². The van der Waals surface area contributed by atoms with Crippen molar-refractivity contribution in [3.63, 3.8) is 0 Å². The SMILES string of the molecule is CC1=C(/C(O)=C/C(C)=C/C=C/C(C)=C/CO)C(C)(C)CCC1. The van der Waals surface area contributed by atoms with E-state index in [9.17, 15) is 5.11 Å². The molecular weight excluding hydrogens is 272 g/mol. The lowest BCUT2D eigenvalue weighted by Crippen LogP contribution is -2.21. The summed E-state index contributed by atoms with van der Waals surface area (Å²) in [4.78, 5) is 0. The maximum atomic E-state index is 10.5. The highest BCUT2D eigenvalue weighted by Crippen LogP contribution is 2.43. The summed E-state index contributed by atoms with van der Waals surface area (Å²) in [7, 11) is 0. The third-order valence-corrected chi connectivity index (χ3v) is 4.21. The second kappa shape index (κ2) is 8.19. The van der Waals surface area contributed by atoms with Gasteiger partial charge in [0.1, 0.15) is 5.76 Å². The average molecular weight is 302 g/mol. The highest BCUT2D eigenvalue weighted by Gasteiger charge is 2.30. The van der Waals surface area contributed by atoms with Crippen LogP contribution in [0.4, 0.5) is 0 Å². The van der Waals surface area contributed by atoms with E-state index in [1.165, 1.54) is 12.0 Å². The summed E-state index contributed by atoms with van der Waals surface area (Å²) in [5.74, 6) is 0.395. The molecule has 0 aromatic carbocycles. The molecular formula is C20H30O2. The molecule has 1 aliphatic rings. The Labute approximate surface area is 135 Å². The molecule has 2 heteroatoms. The van der Waals surface area contributed by atoms with E-state index in [-0.39, 0.29) is 12.0 Å². The van der Waals surface area contributed by atoms with Gasteiger partial charge >= 0.3 is 0 Å². The maximum absolute atomic E-state index is 10.5. The molecule has 0 aromatic rings. The fourth-order valence-corrected chi connectivity index (χ4v) is 3.09. The Morgan fingerprint density at radius 2 is 1.91 bits per heavy atom. The molecule has 0 fully saturated rings. The molecule has 122 valence electrons. The van der Waals surface area contributed by atoms with Gasteiger partial charge in [-0.3, -0.25) is 0 Å². The Bertz CT molecular complexity index is 540. The number of rotatable bonds is 5. The van der Waals surface area contributed by atoms with Gasteiger partial charge in [0.2, 0.25) is 0 Å². The minimum Gasteiger partial charge on any atom is -0.508 e. The van der Waals surface area contributed by atoms with E-state index in [0.29, 0.717) is 5.76 Å². The van der Waals surface area contributed by atoms with Gasteiger partial charge in [-0.25, -0.2) is 0 Å². The van der Waals surface area contributed by atoms with Crippen LogP contribution in [0.3, 0.4) is 0 Å². The van der Waals surface area contributed by atoms with Crippen molar-refractivity contribution in [1.29, 1.82) is 0 Å². The number of hydrogen-bond acceptors (Lipinski definition) is 2. The van der Waals surface area contributed by atoms with Crippen molar-refractivity contribution in [2.24, 2.45) is 5.41 Å². The molecule has 22 heavy (non-hydrogen) atoms. The molecule has 2 N–H and O–H groups in total. The van der Waals surface area contributed by atoms with Crippen LogP contribution >= 0.6 is 0 Å². The van der Waals surface area contributed by atoms with Crippen LogP contribution in [0.2, 0.25) is 0 Å². The summed E-state index contributed by atoms with van der Waals surface area (Å²) in [5, 5.41) is 19.3. The molecule has 0 atom stereocenters. The normalized spacial score (nSPS) is 20.9. The zero-order valence-corrected chi connectivity index (χ0v) is 14.6. The lowest BCUT2D eigenvalue weighted by Gasteiger charge is -2.34. The largest absolute Gasteiger partial charge is 0.508 e. The molecule has 0 aliphatic heterocycles. The second-order valence-corrected chi connectivity index (χ2v) is 6.82. The van der Waals surface area contributed by atoms with E-state index in [1.54, 1.807) is 6.08 Å². The molecule has 1 aliphatic carbocycles. The van der Waals surface area contributed by atoms with E-state index < -0.39 is 0 Å². The van der Waals surface area contributed by atoms with Crippen molar-refractivity contribution in [2.45, 2.75) is 53.9 Å². The van der Waals surface area contributed by atoms with E-state index >= 15 is 0 Å². The van der Waals surface area contributed by atoms with Gasteiger partial charge in [0.15, 0.2) is 0 Å². The summed E-state index contributed by atoms with van der Waals surface area (Å²) < 4.78 is 0. The molecule has 0 spiro atoms. The van der Waals surface area contributed by atoms with Crippen molar-refractivity contribution in [3.05, 3.63) is 58.4 Å². The fourth-order valence-electron chi connectivity index (χ4n) is 3.09. The van der Waals surface area contributed by atoms with Crippen LogP contribution in [-0.4, -0.2) is 16.8 Å². The van der Waals surface area contributed by atoms with Crippen molar-refractivity contribution in [2.75, 3.05) is 6.61 Å². The Kier molecular flexibility index (Phi) is 6.89. The van der Waals surface area contributed by atoms with Crippen LogP contribution in [0.1, 0.15) is 53.9 Å². The second-order valence-electron chi connectivity index (χ2n) is 6.82. The first-order chi connectivity index (χ1) is 10.3. The number of allylic oxidation sites excluding steroid dienone is 8. The highest BCUT2D eigenvalue weighted by atomic mass is 16.3. The number of aliphatic hydroxyl groups excluding tert-OH is 2. The highest BCUT2D eigenvalue weighted by molar-refractivity contribution is 5.40. The lowest BCUT2D eigenvalue weighted by atomic mass is 9.72. The lowest BCUT2D eigenvalue weighted by molar-refractivity contribution is 0.321.